The molecule has 190 valence electrons. The molecule has 0 unspecified atom stereocenters. The molecular weight excluding hydrogens is 460 g/mol. The Bertz CT molecular complexity index is 1160. The number of hydrogen-bond donors (Lipinski definition) is 0. The van der Waals surface area contributed by atoms with Gasteiger partial charge in [-0.05, 0) is 48.7 Å². The molecule has 0 saturated heterocycles. The van der Waals surface area contributed by atoms with Gasteiger partial charge in [-0.3, -0.25) is 9.59 Å². The molecule has 2 aromatic carbocycles. The van der Waals surface area contributed by atoms with Gasteiger partial charge in [0.25, 0.3) is 0 Å². The summed E-state index contributed by atoms with van der Waals surface area (Å²) >= 11 is 0. The van der Waals surface area contributed by atoms with Crippen LogP contribution in [0.15, 0.2) is 65.1 Å². The van der Waals surface area contributed by atoms with Gasteiger partial charge in [0.2, 0.25) is 18.6 Å². The van der Waals surface area contributed by atoms with Gasteiger partial charge in [-0.2, -0.15) is 0 Å². The van der Waals surface area contributed by atoms with Crippen molar-refractivity contribution >= 4 is 11.8 Å². The number of fused-ring (bicyclic) bond motifs is 1. The van der Waals surface area contributed by atoms with E-state index in [1.807, 2.05) is 67.6 Å². The van der Waals surface area contributed by atoms with E-state index >= 15 is 0 Å². The largest absolute Gasteiger partial charge is 0.464 e. The standard InChI is InChI=1S/C28H32N2O6/c1-21-8-11-24(36-21)18-30(17-23-9-12-25-26(16-23)35-20-34-25)28(32)19-29(14-15-33-2)27(31)13-10-22-6-4-3-5-7-22/h3-9,11-12,16H,10,13-15,17-20H2,1-2H3. The van der Waals surface area contributed by atoms with Crippen LogP contribution in [0, 0.1) is 6.92 Å². The van der Waals surface area contributed by atoms with Gasteiger partial charge in [-0.25, -0.2) is 0 Å². The molecule has 1 aliphatic heterocycles. The normalized spacial score (nSPS) is 11.9. The molecule has 2 amide bonds. The van der Waals surface area contributed by atoms with Crippen LogP contribution >= 0.6 is 0 Å². The molecule has 8 heteroatoms. The number of aryl methyl sites for hydroxylation is 2. The van der Waals surface area contributed by atoms with Gasteiger partial charge in [-0.1, -0.05) is 36.4 Å². The maximum absolute atomic E-state index is 13.5. The number of furan rings is 1. The summed E-state index contributed by atoms with van der Waals surface area (Å²) in [4.78, 5) is 29.9. The molecule has 3 aromatic rings. The van der Waals surface area contributed by atoms with Crippen molar-refractivity contribution in [3.8, 4) is 11.5 Å². The Labute approximate surface area is 211 Å². The van der Waals surface area contributed by atoms with E-state index in [1.165, 1.54) is 0 Å². The molecule has 1 aliphatic rings. The lowest BCUT2D eigenvalue weighted by molar-refractivity contribution is -0.141. The van der Waals surface area contributed by atoms with E-state index in [2.05, 4.69) is 0 Å². The van der Waals surface area contributed by atoms with E-state index in [-0.39, 0.29) is 31.7 Å². The molecule has 0 spiro atoms. The summed E-state index contributed by atoms with van der Waals surface area (Å²) < 4.78 is 21.8. The van der Waals surface area contributed by atoms with Crippen LogP contribution in [0.3, 0.4) is 0 Å². The highest BCUT2D eigenvalue weighted by Gasteiger charge is 2.23. The number of amides is 2. The number of benzene rings is 2. The molecule has 0 bridgehead atoms. The van der Waals surface area contributed by atoms with E-state index in [0.29, 0.717) is 49.8 Å². The molecule has 36 heavy (non-hydrogen) atoms. The Morgan fingerprint density at radius 1 is 0.889 bits per heavy atom. The lowest BCUT2D eigenvalue weighted by atomic mass is 10.1. The fraction of sp³-hybridized carbons (Fsp3) is 0.357. The average molecular weight is 493 g/mol. The first-order valence-electron chi connectivity index (χ1n) is 12.0. The predicted molar refractivity (Wildman–Crippen MR) is 133 cm³/mol. The minimum atomic E-state index is -0.175. The number of rotatable bonds is 12. The summed E-state index contributed by atoms with van der Waals surface area (Å²) in [5, 5.41) is 0. The Balaban J connectivity index is 1.47. The Hall–Kier alpha value is -3.78. The van der Waals surface area contributed by atoms with Crippen molar-refractivity contribution < 1.29 is 28.2 Å². The third kappa shape index (κ3) is 6.88. The molecule has 4 rings (SSSR count). The highest BCUT2D eigenvalue weighted by Crippen LogP contribution is 2.33. The minimum Gasteiger partial charge on any atom is -0.464 e. The van der Waals surface area contributed by atoms with E-state index in [0.717, 1.165) is 16.9 Å². The summed E-state index contributed by atoms with van der Waals surface area (Å²) in [5.74, 6) is 2.55. The van der Waals surface area contributed by atoms with Crippen molar-refractivity contribution in [2.75, 3.05) is 33.6 Å². The van der Waals surface area contributed by atoms with Gasteiger partial charge in [0.15, 0.2) is 11.5 Å². The molecule has 1 aromatic heterocycles. The quantitative estimate of drug-likeness (QED) is 0.381. The SMILES string of the molecule is COCCN(CC(=O)N(Cc1ccc2c(c1)OCO2)Cc1ccc(C)o1)C(=O)CCc1ccccc1. The lowest BCUT2D eigenvalue weighted by Crippen LogP contribution is -2.43. The molecular formula is C28H32N2O6. The second-order valence-corrected chi connectivity index (χ2v) is 8.74. The number of hydrogen-bond acceptors (Lipinski definition) is 6. The third-order valence-electron chi connectivity index (χ3n) is 6.02. The Morgan fingerprint density at radius 2 is 1.69 bits per heavy atom. The van der Waals surface area contributed by atoms with Crippen molar-refractivity contribution in [2.45, 2.75) is 32.9 Å². The summed E-state index contributed by atoms with van der Waals surface area (Å²) in [5.41, 5.74) is 1.98. The number of nitrogens with zero attached hydrogens (tertiary/aromatic N) is 2. The van der Waals surface area contributed by atoms with E-state index in [9.17, 15) is 9.59 Å². The summed E-state index contributed by atoms with van der Waals surface area (Å²) in [7, 11) is 1.58. The number of carbonyl (C=O) groups is 2. The molecule has 0 fully saturated rings. The molecule has 8 nitrogen and oxygen atoms in total. The van der Waals surface area contributed by atoms with Crippen molar-refractivity contribution in [1.82, 2.24) is 9.80 Å². The first-order valence-corrected chi connectivity index (χ1v) is 12.0. The van der Waals surface area contributed by atoms with Crippen LogP contribution in [0.25, 0.3) is 0 Å². The van der Waals surface area contributed by atoms with Crippen LogP contribution in [-0.2, 0) is 33.8 Å². The smallest absolute Gasteiger partial charge is 0.242 e. The second kappa shape index (κ2) is 12.3. The van der Waals surface area contributed by atoms with E-state index in [1.54, 1.807) is 16.9 Å². The fourth-order valence-corrected chi connectivity index (χ4v) is 4.06. The van der Waals surface area contributed by atoms with Crippen molar-refractivity contribution in [2.24, 2.45) is 0 Å². The zero-order chi connectivity index (χ0) is 25.3. The van der Waals surface area contributed by atoms with Gasteiger partial charge < -0.3 is 28.4 Å². The highest BCUT2D eigenvalue weighted by molar-refractivity contribution is 5.85. The fourth-order valence-electron chi connectivity index (χ4n) is 4.06. The van der Waals surface area contributed by atoms with Gasteiger partial charge >= 0.3 is 0 Å². The van der Waals surface area contributed by atoms with Crippen molar-refractivity contribution in [3.63, 3.8) is 0 Å². The molecule has 2 heterocycles. The maximum atomic E-state index is 13.5. The van der Waals surface area contributed by atoms with Gasteiger partial charge in [-0.15, -0.1) is 0 Å². The average Bonchev–Trinajstić information content (AvgIpc) is 3.53. The maximum Gasteiger partial charge on any atom is 0.242 e. The van der Waals surface area contributed by atoms with Gasteiger partial charge in [0.05, 0.1) is 19.7 Å². The zero-order valence-electron chi connectivity index (χ0n) is 20.8. The highest BCUT2D eigenvalue weighted by atomic mass is 16.7. The number of carbonyl (C=O) groups excluding carboxylic acids is 2. The lowest BCUT2D eigenvalue weighted by Gasteiger charge is -2.27. The van der Waals surface area contributed by atoms with Gasteiger partial charge in [0.1, 0.15) is 11.5 Å². The van der Waals surface area contributed by atoms with E-state index < -0.39 is 0 Å². The van der Waals surface area contributed by atoms with Crippen molar-refractivity contribution in [3.05, 3.63) is 83.3 Å². The van der Waals surface area contributed by atoms with Crippen molar-refractivity contribution in [1.29, 1.82) is 0 Å². The van der Waals surface area contributed by atoms with Gasteiger partial charge in [0, 0.05) is 26.6 Å². The molecule has 0 radical (unpaired) electrons. The monoisotopic (exact) mass is 492 g/mol. The third-order valence-corrected chi connectivity index (χ3v) is 6.02. The van der Waals surface area contributed by atoms with E-state index in [4.69, 9.17) is 18.6 Å². The molecule has 0 atom stereocenters. The summed E-state index contributed by atoms with van der Waals surface area (Å²) in [6.07, 6.45) is 0.935. The minimum absolute atomic E-state index is 0.0405. The zero-order valence-corrected chi connectivity index (χ0v) is 20.8. The predicted octanol–water partition coefficient (Wildman–Crippen LogP) is 3.95. The summed E-state index contributed by atoms with van der Waals surface area (Å²) in [6.45, 7) is 3.33. The van der Waals surface area contributed by atoms with Crippen LogP contribution in [-0.4, -0.2) is 55.2 Å². The molecule has 0 N–H and O–H groups in total. The molecule has 0 saturated carbocycles. The van der Waals surface area contributed by atoms with Crippen LogP contribution in [0.5, 0.6) is 11.5 Å². The Kier molecular flexibility index (Phi) is 8.62. The first-order chi connectivity index (χ1) is 17.5. The van der Waals surface area contributed by atoms with Crippen LogP contribution in [0.1, 0.15) is 29.1 Å². The topological polar surface area (TPSA) is 81.5 Å². The first kappa shape index (κ1) is 25.3. The second-order valence-electron chi connectivity index (χ2n) is 8.74. The van der Waals surface area contributed by atoms with Crippen LogP contribution in [0.4, 0.5) is 0 Å². The molecule has 0 aliphatic carbocycles. The van der Waals surface area contributed by atoms with Crippen LogP contribution in [0.2, 0.25) is 0 Å². The number of ether oxygens (including phenoxy) is 3. The van der Waals surface area contributed by atoms with Crippen LogP contribution < -0.4 is 9.47 Å². The Morgan fingerprint density at radius 3 is 2.44 bits per heavy atom. The summed E-state index contributed by atoms with van der Waals surface area (Å²) in [6, 6.07) is 19.2. The number of methoxy groups -OCH3 is 1.